The number of fused-ring (bicyclic) bond motifs is 1. The summed E-state index contributed by atoms with van der Waals surface area (Å²) in [6.45, 7) is 4.94. The maximum Gasteiger partial charge on any atom is 0.409 e. The molecule has 1 aliphatic heterocycles. The van der Waals surface area contributed by atoms with E-state index >= 15 is 0 Å². The zero-order valence-electron chi connectivity index (χ0n) is 14.5. The predicted molar refractivity (Wildman–Crippen MR) is 87.2 cm³/mol. The summed E-state index contributed by atoms with van der Waals surface area (Å²) in [4.78, 5) is 31.8. The van der Waals surface area contributed by atoms with Gasteiger partial charge in [-0.15, -0.1) is 0 Å². The molecule has 2 aromatic rings. The Morgan fingerprint density at radius 3 is 2.50 bits per heavy atom. The van der Waals surface area contributed by atoms with Crippen molar-refractivity contribution in [2.45, 2.75) is 20.3 Å². The van der Waals surface area contributed by atoms with Crippen molar-refractivity contribution in [2.75, 3.05) is 32.8 Å². The Balaban J connectivity index is 1.80. The number of carbonyl (C=O) groups excluding carboxylic acids is 2. The topological polar surface area (TPSA) is 80.0 Å². The fourth-order valence-electron chi connectivity index (χ4n) is 2.90. The summed E-state index contributed by atoms with van der Waals surface area (Å²) in [5.41, 5.74) is 0.353. The molecule has 0 unspecified atom stereocenters. The highest BCUT2D eigenvalue weighted by atomic mass is 19.3. The van der Waals surface area contributed by atoms with Gasteiger partial charge in [-0.2, -0.15) is 5.10 Å². The van der Waals surface area contributed by atoms with Crippen LogP contribution in [-0.4, -0.2) is 69.2 Å². The molecule has 8 nitrogen and oxygen atoms in total. The minimum atomic E-state index is -2.73. The number of aromatic nitrogens is 3. The number of halogens is 2. The van der Waals surface area contributed by atoms with Crippen LogP contribution in [0.25, 0.3) is 5.65 Å². The van der Waals surface area contributed by atoms with Crippen molar-refractivity contribution < 1.29 is 23.1 Å². The molecule has 1 saturated heterocycles. The van der Waals surface area contributed by atoms with Crippen LogP contribution in [0.2, 0.25) is 0 Å². The van der Waals surface area contributed by atoms with E-state index in [0.29, 0.717) is 31.9 Å². The SMILES string of the molecule is CCOC(=O)N1CCN(C(=O)c2cnn3c(C(F)F)cc(C)nc23)CC1. The van der Waals surface area contributed by atoms with Crippen molar-refractivity contribution in [2.24, 2.45) is 0 Å². The van der Waals surface area contributed by atoms with Gasteiger partial charge in [0.25, 0.3) is 12.3 Å². The third kappa shape index (κ3) is 3.31. The number of aryl methyl sites for hydroxylation is 1. The number of rotatable bonds is 3. The number of amides is 2. The summed E-state index contributed by atoms with van der Waals surface area (Å²) in [6, 6.07) is 1.25. The molecule has 1 fully saturated rings. The molecular weight excluding hydrogens is 348 g/mol. The van der Waals surface area contributed by atoms with Crippen molar-refractivity contribution in [3.05, 3.63) is 29.2 Å². The first-order valence-corrected chi connectivity index (χ1v) is 8.26. The van der Waals surface area contributed by atoms with Gasteiger partial charge in [0.1, 0.15) is 11.3 Å². The maximum absolute atomic E-state index is 13.2. The summed E-state index contributed by atoms with van der Waals surface area (Å²) in [6.07, 6.45) is -1.88. The van der Waals surface area contributed by atoms with E-state index in [1.165, 1.54) is 17.2 Å². The Kier molecular flexibility index (Phi) is 5.01. The van der Waals surface area contributed by atoms with Crippen LogP contribution < -0.4 is 0 Å². The van der Waals surface area contributed by atoms with Crippen LogP contribution in [0.3, 0.4) is 0 Å². The molecule has 1 aliphatic rings. The summed E-state index contributed by atoms with van der Waals surface area (Å²) in [5.74, 6) is -0.346. The minimum Gasteiger partial charge on any atom is -0.450 e. The van der Waals surface area contributed by atoms with Gasteiger partial charge in [0, 0.05) is 31.9 Å². The van der Waals surface area contributed by atoms with Gasteiger partial charge in [-0.05, 0) is 19.9 Å². The Bertz CT molecular complexity index is 831. The molecule has 0 aliphatic carbocycles. The van der Waals surface area contributed by atoms with Gasteiger partial charge in [-0.25, -0.2) is 23.1 Å². The fourth-order valence-corrected chi connectivity index (χ4v) is 2.90. The Morgan fingerprint density at radius 2 is 1.88 bits per heavy atom. The minimum absolute atomic E-state index is 0.109. The van der Waals surface area contributed by atoms with Gasteiger partial charge in [0.2, 0.25) is 0 Å². The van der Waals surface area contributed by atoms with Gasteiger partial charge in [-0.1, -0.05) is 0 Å². The first-order valence-electron chi connectivity index (χ1n) is 8.26. The van der Waals surface area contributed by atoms with E-state index in [9.17, 15) is 18.4 Å². The van der Waals surface area contributed by atoms with Gasteiger partial charge in [0.15, 0.2) is 5.65 Å². The van der Waals surface area contributed by atoms with Crippen LogP contribution in [0.5, 0.6) is 0 Å². The number of nitrogens with zero attached hydrogens (tertiary/aromatic N) is 5. The predicted octanol–water partition coefficient (Wildman–Crippen LogP) is 1.89. The highest BCUT2D eigenvalue weighted by molar-refractivity contribution is 5.99. The zero-order valence-corrected chi connectivity index (χ0v) is 14.5. The second-order valence-corrected chi connectivity index (χ2v) is 5.89. The lowest BCUT2D eigenvalue weighted by atomic mass is 10.2. The summed E-state index contributed by atoms with van der Waals surface area (Å²) in [7, 11) is 0. The number of hydrogen-bond acceptors (Lipinski definition) is 5. The monoisotopic (exact) mass is 367 g/mol. The fraction of sp³-hybridized carbons (Fsp3) is 0.500. The molecular formula is C16H19F2N5O3. The van der Waals surface area contributed by atoms with E-state index in [1.54, 1.807) is 18.7 Å². The average Bonchev–Trinajstić information content (AvgIpc) is 3.04. The van der Waals surface area contributed by atoms with Crippen LogP contribution in [0.15, 0.2) is 12.3 Å². The number of carbonyl (C=O) groups is 2. The molecule has 10 heteroatoms. The molecule has 0 N–H and O–H groups in total. The number of hydrogen-bond donors (Lipinski definition) is 0. The Morgan fingerprint density at radius 1 is 1.23 bits per heavy atom. The third-order valence-corrected chi connectivity index (χ3v) is 4.17. The molecule has 140 valence electrons. The van der Waals surface area contributed by atoms with Crippen molar-refractivity contribution in [3.63, 3.8) is 0 Å². The highest BCUT2D eigenvalue weighted by Crippen LogP contribution is 2.22. The third-order valence-electron chi connectivity index (χ3n) is 4.17. The van der Waals surface area contributed by atoms with Gasteiger partial charge >= 0.3 is 6.09 Å². The summed E-state index contributed by atoms with van der Waals surface area (Å²) < 4.78 is 32.3. The zero-order chi connectivity index (χ0) is 18.8. The quantitative estimate of drug-likeness (QED) is 0.828. The normalized spacial score (nSPS) is 15.0. The first-order chi connectivity index (χ1) is 12.4. The second kappa shape index (κ2) is 7.22. The van der Waals surface area contributed by atoms with Crippen molar-refractivity contribution in [1.82, 2.24) is 24.4 Å². The largest absolute Gasteiger partial charge is 0.450 e. The van der Waals surface area contributed by atoms with Crippen LogP contribution in [-0.2, 0) is 4.74 Å². The molecule has 3 rings (SSSR count). The van der Waals surface area contributed by atoms with Crippen LogP contribution >= 0.6 is 0 Å². The average molecular weight is 367 g/mol. The van der Waals surface area contributed by atoms with E-state index in [-0.39, 0.29) is 29.4 Å². The highest BCUT2D eigenvalue weighted by Gasteiger charge is 2.28. The maximum atomic E-state index is 13.2. The lowest BCUT2D eigenvalue weighted by Crippen LogP contribution is -2.50. The molecule has 0 radical (unpaired) electrons. The molecule has 0 bridgehead atoms. The standard InChI is InChI=1S/C16H19F2N5O3/c1-3-26-16(25)22-6-4-21(5-7-22)15(24)11-9-19-23-12(13(17)18)8-10(2)20-14(11)23/h8-9,13H,3-7H2,1-2H3. The van der Waals surface area contributed by atoms with Gasteiger partial charge in [-0.3, -0.25) is 4.79 Å². The van der Waals surface area contributed by atoms with E-state index in [2.05, 4.69) is 10.1 Å². The van der Waals surface area contributed by atoms with E-state index in [4.69, 9.17) is 4.74 Å². The van der Waals surface area contributed by atoms with Crippen molar-refractivity contribution >= 4 is 17.6 Å². The first kappa shape index (κ1) is 18.0. The van der Waals surface area contributed by atoms with E-state index in [1.807, 2.05) is 0 Å². The smallest absolute Gasteiger partial charge is 0.409 e. The van der Waals surface area contributed by atoms with E-state index in [0.717, 1.165) is 4.52 Å². The number of piperazine rings is 1. The molecule has 0 atom stereocenters. The van der Waals surface area contributed by atoms with Crippen LogP contribution in [0.1, 0.15) is 35.1 Å². The Hall–Kier alpha value is -2.78. The van der Waals surface area contributed by atoms with Gasteiger partial charge < -0.3 is 14.5 Å². The summed E-state index contributed by atoms with van der Waals surface area (Å²) in [5, 5.41) is 3.91. The molecule has 2 aromatic heterocycles. The molecule has 3 heterocycles. The number of ether oxygens (including phenoxy) is 1. The molecule has 0 saturated carbocycles. The molecule has 2 amide bonds. The Labute approximate surface area is 148 Å². The lowest BCUT2D eigenvalue weighted by Gasteiger charge is -2.33. The van der Waals surface area contributed by atoms with Gasteiger partial charge in [0.05, 0.1) is 12.8 Å². The van der Waals surface area contributed by atoms with Crippen molar-refractivity contribution in [3.8, 4) is 0 Å². The van der Waals surface area contributed by atoms with Crippen LogP contribution in [0.4, 0.5) is 13.6 Å². The number of alkyl halides is 2. The molecule has 0 aromatic carbocycles. The van der Waals surface area contributed by atoms with E-state index < -0.39 is 12.5 Å². The summed E-state index contributed by atoms with van der Waals surface area (Å²) >= 11 is 0. The second-order valence-electron chi connectivity index (χ2n) is 5.89. The van der Waals surface area contributed by atoms with Crippen LogP contribution in [0, 0.1) is 6.92 Å². The van der Waals surface area contributed by atoms with Crippen molar-refractivity contribution in [1.29, 1.82) is 0 Å². The molecule has 26 heavy (non-hydrogen) atoms. The molecule has 0 spiro atoms. The lowest BCUT2D eigenvalue weighted by molar-refractivity contribution is 0.0571.